The number of aliphatic carboxylic acids is 1. The molecule has 7 heteroatoms. The largest absolute Gasteiger partial charge is 0.475 e. The summed E-state index contributed by atoms with van der Waals surface area (Å²) in [6.07, 6.45) is 5.83. The SMILES string of the molecule is O=C(O)C(=O)c1c[nH]c2c(N3C=CC3)ncc(F)c12. The van der Waals surface area contributed by atoms with E-state index >= 15 is 0 Å². The molecule has 0 fully saturated rings. The third-order valence-electron chi connectivity index (χ3n) is 2.94. The fourth-order valence-corrected chi connectivity index (χ4v) is 1.97. The minimum absolute atomic E-state index is 0.0438. The second-order valence-corrected chi connectivity index (χ2v) is 4.05. The standard InChI is InChI=1S/C12H8FN3O3/c13-7-5-15-11(16-2-1-3-16)9-8(7)6(4-14-9)10(17)12(18)19/h1-2,4-5,14H,3H2,(H,18,19). The summed E-state index contributed by atoms with van der Waals surface area (Å²) in [7, 11) is 0. The lowest BCUT2D eigenvalue weighted by Crippen LogP contribution is -2.24. The quantitative estimate of drug-likeness (QED) is 0.642. The van der Waals surface area contributed by atoms with Crippen molar-refractivity contribution in [3.63, 3.8) is 0 Å². The summed E-state index contributed by atoms with van der Waals surface area (Å²) in [6, 6.07) is 0. The van der Waals surface area contributed by atoms with Crippen molar-refractivity contribution in [1.29, 1.82) is 0 Å². The van der Waals surface area contributed by atoms with Gasteiger partial charge in [0.05, 0.1) is 22.7 Å². The maximum Gasteiger partial charge on any atom is 0.377 e. The molecule has 1 aliphatic heterocycles. The van der Waals surface area contributed by atoms with Crippen molar-refractivity contribution in [2.45, 2.75) is 0 Å². The molecular weight excluding hydrogens is 253 g/mol. The van der Waals surface area contributed by atoms with Crippen LogP contribution in [-0.2, 0) is 4.79 Å². The van der Waals surface area contributed by atoms with Crippen LogP contribution in [0.4, 0.5) is 10.2 Å². The van der Waals surface area contributed by atoms with Crippen LogP contribution in [0, 0.1) is 5.82 Å². The Balaban J connectivity index is 2.24. The van der Waals surface area contributed by atoms with Crippen LogP contribution in [0.15, 0.2) is 24.7 Å². The maximum atomic E-state index is 13.8. The van der Waals surface area contributed by atoms with Gasteiger partial charge in [0.25, 0.3) is 5.78 Å². The van der Waals surface area contributed by atoms with E-state index in [1.54, 1.807) is 11.1 Å². The molecule has 6 nitrogen and oxygen atoms in total. The number of fused-ring (bicyclic) bond motifs is 1. The summed E-state index contributed by atoms with van der Waals surface area (Å²) < 4.78 is 13.8. The second kappa shape index (κ2) is 3.91. The number of Topliss-reactive ketones (excluding diaryl/α,β-unsaturated/α-hetero) is 1. The number of carbonyl (C=O) groups is 2. The van der Waals surface area contributed by atoms with Crippen LogP contribution >= 0.6 is 0 Å². The van der Waals surface area contributed by atoms with Crippen LogP contribution < -0.4 is 4.90 Å². The lowest BCUT2D eigenvalue weighted by molar-refractivity contribution is -0.131. The highest BCUT2D eigenvalue weighted by molar-refractivity contribution is 6.42. The van der Waals surface area contributed by atoms with Crippen LogP contribution in [0.3, 0.4) is 0 Å². The highest BCUT2D eigenvalue weighted by Crippen LogP contribution is 2.30. The summed E-state index contributed by atoms with van der Waals surface area (Å²) in [6.45, 7) is 0.634. The molecule has 19 heavy (non-hydrogen) atoms. The Hall–Kier alpha value is -2.70. The first-order valence-electron chi connectivity index (χ1n) is 5.46. The number of nitrogens with one attached hydrogen (secondary N) is 1. The molecule has 0 aliphatic carbocycles. The number of H-pyrrole nitrogens is 1. The molecule has 0 amide bonds. The Morgan fingerprint density at radius 3 is 2.79 bits per heavy atom. The minimum Gasteiger partial charge on any atom is -0.475 e. The number of carbonyl (C=O) groups excluding carboxylic acids is 1. The Kier molecular flexibility index (Phi) is 2.34. The predicted octanol–water partition coefficient (Wildman–Crippen LogP) is 1.30. The third-order valence-corrected chi connectivity index (χ3v) is 2.94. The van der Waals surface area contributed by atoms with Gasteiger partial charge >= 0.3 is 5.97 Å². The fraction of sp³-hybridized carbons (Fsp3) is 0.0833. The molecule has 0 spiro atoms. The molecule has 0 saturated carbocycles. The highest BCUT2D eigenvalue weighted by Gasteiger charge is 2.24. The van der Waals surface area contributed by atoms with Crippen molar-refractivity contribution < 1.29 is 19.1 Å². The maximum absolute atomic E-state index is 13.8. The van der Waals surface area contributed by atoms with Gasteiger partial charge < -0.3 is 15.0 Å². The Labute approximate surface area is 106 Å². The molecule has 2 aromatic rings. The lowest BCUT2D eigenvalue weighted by Gasteiger charge is -2.24. The smallest absolute Gasteiger partial charge is 0.377 e. The number of carboxylic acids is 1. The molecule has 3 rings (SSSR count). The summed E-state index contributed by atoms with van der Waals surface area (Å²) >= 11 is 0. The average molecular weight is 261 g/mol. The third kappa shape index (κ3) is 1.59. The van der Waals surface area contributed by atoms with Crippen molar-refractivity contribution in [3.05, 3.63) is 36.1 Å². The number of pyridine rings is 1. The van der Waals surface area contributed by atoms with E-state index in [4.69, 9.17) is 5.11 Å². The van der Waals surface area contributed by atoms with E-state index in [-0.39, 0.29) is 10.9 Å². The normalized spacial score (nSPS) is 13.6. The summed E-state index contributed by atoms with van der Waals surface area (Å²) in [5.41, 5.74) is 0.113. The van der Waals surface area contributed by atoms with Gasteiger partial charge in [-0.25, -0.2) is 14.2 Å². The number of aromatic nitrogens is 2. The average Bonchev–Trinajstić information content (AvgIpc) is 2.74. The molecule has 0 atom stereocenters. The molecule has 0 unspecified atom stereocenters. The van der Waals surface area contributed by atoms with Gasteiger partial charge in [-0.15, -0.1) is 0 Å². The van der Waals surface area contributed by atoms with Crippen LogP contribution in [0.25, 0.3) is 10.9 Å². The van der Waals surface area contributed by atoms with Gasteiger partial charge in [0, 0.05) is 18.9 Å². The number of rotatable bonds is 3. The number of anilines is 1. The van der Waals surface area contributed by atoms with E-state index in [9.17, 15) is 14.0 Å². The number of hydrogen-bond donors (Lipinski definition) is 2. The second-order valence-electron chi connectivity index (χ2n) is 4.05. The Morgan fingerprint density at radius 1 is 1.47 bits per heavy atom. The molecule has 0 saturated heterocycles. The minimum atomic E-state index is -1.62. The zero-order valence-electron chi connectivity index (χ0n) is 9.55. The van der Waals surface area contributed by atoms with E-state index in [2.05, 4.69) is 9.97 Å². The summed E-state index contributed by atoms with van der Waals surface area (Å²) in [5.74, 6) is -3.04. The van der Waals surface area contributed by atoms with Crippen molar-refractivity contribution in [3.8, 4) is 0 Å². The first-order chi connectivity index (χ1) is 9.09. The molecule has 0 radical (unpaired) electrons. The Morgan fingerprint density at radius 2 is 2.21 bits per heavy atom. The highest BCUT2D eigenvalue weighted by atomic mass is 19.1. The van der Waals surface area contributed by atoms with Gasteiger partial charge in [-0.1, -0.05) is 0 Å². The van der Waals surface area contributed by atoms with Gasteiger partial charge in [-0.05, 0) is 6.08 Å². The van der Waals surface area contributed by atoms with E-state index in [0.717, 1.165) is 6.20 Å². The molecule has 0 aromatic carbocycles. The number of ketones is 1. The van der Waals surface area contributed by atoms with Crippen molar-refractivity contribution >= 4 is 28.5 Å². The molecule has 1 aliphatic rings. The molecular formula is C12H8FN3O3. The number of hydrogen-bond acceptors (Lipinski definition) is 4. The summed E-state index contributed by atoms with van der Waals surface area (Å²) in [4.78, 5) is 30.7. The zero-order chi connectivity index (χ0) is 13.6. The van der Waals surface area contributed by atoms with Crippen molar-refractivity contribution in [1.82, 2.24) is 9.97 Å². The zero-order valence-corrected chi connectivity index (χ0v) is 9.55. The molecule has 2 N–H and O–H groups in total. The van der Waals surface area contributed by atoms with Crippen LogP contribution in [0.5, 0.6) is 0 Å². The van der Waals surface area contributed by atoms with Crippen LogP contribution in [-0.4, -0.2) is 33.4 Å². The van der Waals surface area contributed by atoms with E-state index in [0.29, 0.717) is 17.9 Å². The van der Waals surface area contributed by atoms with Gasteiger partial charge in [-0.2, -0.15) is 0 Å². The number of carboxylic acid groups (broad SMARTS) is 1. The van der Waals surface area contributed by atoms with Gasteiger partial charge in [0.15, 0.2) is 11.6 Å². The van der Waals surface area contributed by atoms with E-state index in [1.807, 2.05) is 6.08 Å². The molecule has 2 aromatic heterocycles. The fourth-order valence-electron chi connectivity index (χ4n) is 1.97. The molecule has 96 valence electrons. The lowest BCUT2D eigenvalue weighted by atomic mass is 10.1. The van der Waals surface area contributed by atoms with E-state index in [1.165, 1.54) is 6.20 Å². The van der Waals surface area contributed by atoms with Crippen molar-refractivity contribution in [2.75, 3.05) is 11.4 Å². The van der Waals surface area contributed by atoms with Crippen LogP contribution in [0.2, 0.25) is 0 Å². The Bertz CT molecular complexity index is 735. The molecule has 0 bridgehead atoms. The first kappa shape index (κ1) is 11.4. The topological polar surface area (TPSA) is 86.3 Å². The number of nitrogens with zero attached hydrogens (tertiary/aromatic N) is 2. The number of halogens is 1. The van der Waals surface area contributed by atoms with Crippen LogP contribution in [0.1, 0.15) is 10.4 Å². The van der Waals surface area contributed by atoms with Gasteiger partial charge in [0.2, 0.25) is 0 Å². The van der Waals surface area contributed by atoms with E-state index < -0.39 is 17.6 Å². The first-order valence-corrected chi connectivity index (χ1v) is 5.46. The number of aromatic amines is 1. The molecule has 3 heterocycles. The van der Waals surface area contributed by atoms with Gasteiger partial charge in [-0.3, -0.25) is 4.79 Å². The summed E-state index contributed by atoms with van der Waals surface area (Å²) in [5, 5.41) is 8.67. The predicted molar refractivity (Wildman–Crippen MR) is 64.5 cm³/mol. The van der Waals surface area contributed by atoms with Crippen molar-refractivity contribution in [2.24, 2.45) is 0 Å². The monoisotopic (exact) mass is 261 g/mol. The van der Waals surface area contributed by atoms with Gasteiger partial charge in [0.1, 0.15) is 0 Å².